The summed E-state index contributed by atoms with van der Waals surface area (Å²) in [6.45, 7) is 0.0405. The van der Waals surface area contributed by atoms with Crippen molar-refractivity contribution in [2.75, 3.05) is 0 Å². The molecule has 0 radical (unpaired) electrons. The summed E-state index contributed by atoms with van der Waals surface area (Å²) in [7, 11) is 0. The third kappa shape index (κ3) is 3.20. The maximum absolute atomic E-state index is 14.0. The lowest BCUT2D eigenvalue weighted by Gasteiger charge is -2.08. The van der Waals surface area contributed by atoms with Gasteiger partial charge in [0.2, 0.25) is 0 Å². The van der Waals surface area contributed by atoms with Crippen LogP contribution >= 0.6 is 38.9 Å². The van der Waals surface area contributed by atoms with E-state index < -0.39 is 5.82 Å². The highest BCUT2D eigenvalue weighted by molar-refractivity contribution is 9.10. The Hall–Kier alpha value is -2.02. The first-order valence-electron chi connectivity index (χ1n) is 7.71. The van der Waals surface area contributed by atoms with E-state index in [9.17, 15) is 9.18 Å². The molecule has 0 spiro atoms. The van der Waals surface area contributed by atoms with Gasteiger partial charge in [0.15, 0.2) is 0 Å². The van der Waals surface area contributed by atoms with Gasteiger partial charge in [-0.05, 0) is 35.9 Å². The van der Waals surface area contributed by atoms with Crippen LogP contribution in [0, 0.1) is 5.82 Å². The van der Waals surface area contributed by atoms with Gasteiger partial charge in [-0.2, -0.15) is 0 Å². The third-order valence-corrected chi connectivity index (χ3v) is 6.07. The van der Waals surface area contributed by atoms with Gasteiger partial charge in [-0.1, -0.05) is 45.7 Å². The molecule has 2 aromatic carbocycles. The van der Waals surface area contributed by atoms with Crippen LogP contribution in [0.4, 0.5) is 4.39 Å². The SMILES string of the molecule is O=c1c2sc(-c3ccc(Br)cc3)cc2ncn1Cc1c(F)cccc1Cl. The largest absolute Gasteiger partial charge is 0.293 e. The second-order valence-electron chi connectivity index (χ2n) is 5.71. The zero-order valence-electron chi connectivity index (χ0n) is 13.2. The van der Waals surface area contributed by atoms with Crippen molar-refractivity contribution in [3.63, 3.8) is 0 Å². The lowest BCUT2D eigenvalue weighted by atomic mass is 10.2. The highest BCUT2D eigenvalue weighted by Gasteiger charge is 2.13. The van der Waals surface area contributed by atoms with Crippen molar-refractivity contribution in [1.82, 2.24) is 9.55 Å². The Balaban J connectivity index is 1.78. The fourth-order valence-electron chi connectivity index (χ4n) is 2.67. The molecule has 2 aromatic heterocycles. The first-order valence-corrected chi connectivity index (χ1v) is 9.69. The van der Waals surface area contributed by atoms with Crippen LogP contribution in [-0.4, -0.2) is 9.55 Å². The Kier molecular flexibility index (Phi) is 4.65. The molecule has 0 bridgehead atoms. The molecule has 130 valence electrons. The van der Waals surface area contributed by atoms with Crippen LogP contribution in [-0.2, 0) is 6.54 Å². The van der Waals surface area contributed by atoms with E-state index in [-0.39, 0.29) is 17.7 Å². The molecule has 0 saturated heterocycles. The number of hydrogen-bond acceptors (Lipinski definition) is 3. The van der Waals surface area contributed by atoms with Crippen molar-refractivity contribution in [3.05, 3.63) is 86.1 Å². The zero-order chi connectivity index (χ0) is 18.3. The van der Waals surface area contributed by atoms with Gasteiger partial charge in [-0.25, -0.2) is 9.37 Å². The maximum atomic E-state index is 14.0. The number of nitrogens with zero attached hydrogens (tertiary/aromatic N) is 2. The van der Waals surface area contributed by atoms with Gasteiger partial charge < -0.3 is 0 Å². The Morgan fingerprint density at radius 1 is 1.19 bits per heavy atom. The molecule has 0 amide bonds. The molecule has 0 aliphatic rings. The summed E-state index contributed by atoms with van der Waals surface area (Å²) in [5.41, 5.74) is 1.72. The minimum absolute atomic E-state index is 0.0405. The lowest BCUT2D eigenvalue weighted by molar-refractivity contribution is 0.595. The Morgan fingerprint density at radius 2 is 1.96 bits per heavy atom. The summed E-state index contributed by atoms with van der Waals surface area (Å²) in [6.07, 6.45) is 1.44. The van der Waals surface area contributed by atoms with Crippen molar-refractivity contribution in [1.29, 1.82) is 0 Å². The van der Waals surface area contributed by atoms with Gasteiger partial charge in [-0.3, -0.25) is 9.36 Å². The number of hydrogen-bond donors (Lipinski definition) is 0. The van der Waals surface area contributed by atoms with Crippen molar-refractivity contribution in [3.8, 4) is 10.4 Å². The van der Waals surface area contributed by atoms with E-state index in [1.165, 1.54) is 34.4 Å². The number of thiophene rings is 1. The van der Waals surface area contributed by atoms with Gasteiger partial charge >= 0.3 is 0 Å². The Labute approximate surface area is 165 Å². The van der Waals surface area contributed by atoms with Crippen molar-refractivity contribution >= 4 is 49.1 Å². The first kappa shape index (κ1) is 17.4. The molecule has 26 heavy (non-hydrogen) atoms. The maximum Gasteiger partial charge on any atom is 0.271 e. The van der Waals surface area contributed by atoms with Gasteiger partial charge in [0.05, 0.1) is 18.4 Å². The summed E-state index contributed by atoms with van der Waals surface area (Å²) in [5.74, 6) is -0.439. The second kappa shape index (κ2) is 6.95. The highest BCUT2D eigenvalue weighted by Crippen LogP contribution is 2.31. The van der Waals surface area contributed by atoms with Gasteiger partial charge in [0, 0.05) is 19.9 Å². The number of rotatable bonds is 3. The van der Waals surface area contributed by atoms with Crippen LogP contribution < -0.4 is 5.56 Å². The van der Waals surface area contributed by atoms with Crippen molar-refractivity contribution in [2.45, 2.75) is 6.54 Å². The molecule has 0 N–H and O–H groups in total. The minimum Gasteiger partial charge on any atom is -0.293 e. The summed E-state index contributed by atoms with van der Waals surface area (Å²) in [4.78, 5) is 18.1. The highest BCUT2D eigenvalue weighted by atomic mass is 79.9. The van der Waals surface area contributed by atoms with Crippen LogP contribution in [0.1, 0.15) is 5.56 Å². The molecule has 0 atom stereocenters. The summed E-state index contributed by atoms with van der Waals surface area (Å²) >= 11 is 10.9. The second-order valence-corrected chi connectivity index (χ2v) is 8.08. The predicted molar refractivity (Wildman–Crippen MR) is 108 cm³/mol. The predicted octanol–water partition coefficient (Wildman–Crippen LogP) is 5.73. The van der Waals surface area contributed by atoms with E-state index in [1.807, 2.05) is 30.3 Å². The van der Waals surface area contributed by atoms with Crippen molar-refractivity contribution < 1.29 is 4.39 Å². The molecule has 0 unspecified atom stereocenters. The van der Waals surface area contributed by atoms with E-state index >= 15 is 0 Å². The molecular formula is C19H11BrClFN2OS. The average molecular weight is 450 g/mol. The van der Waals surface area contributed by atoms with Gasteiger partial charge in [0.1, 0.15) is 10.5 Å². The first-order chi connectivity index (χ1) is 12.5. The molecule has 7 heteroatoms. The Morgan fingerprint density at radius 3 is 2.69 bits per heavy atom. The average Bonchev–Trinajstić information content (AvgIpc) is 3.06. The third-order valence-electron chi connectivity index (χ3n) is 4.02. The fourth-order valence-corrected chi connectivity index (χ4v) is 4.22. The summed E-state index contributed by atoms with van der Waals surface area (Å²) < 4.78 is 16.9. The van der Waals surface area contributed by atoms with Crippen LogP contribution in [0.5, 0.6) is 0 Å². The molecule has 0 aliphatic heterocycles. The molecule has 3 nitrogen and oxygen atoms in total. The van der Waals surface area contributed by atoms with E-state index in [2.05, 4.69) is 20.9 Å². The number of fused-ring (bicyclic) bond motifs is 1. The molecule has 0 saturated carbocycles. The fraction of sp³-hybridized carbons (Fsp3) is 0.0526. The summed E-state index contributed by atoms with van der Waals surface area (Å²) in [6, 6.07) is 14.2. The van der Waals surface area contributed by atoms with Gasteiger partial charge in [-0.15, -0.1) is 11.3 Å². The monoisotopic (exact) mass is 448 g/mol. The normalized spacial score (nSPS) is 11.2. The molecule has 0 aliphatic carbocycles. The van der Waals surface area contributed by atoms with Gasteiger partial charge in [0.25, 0.3) is 5.56 Å². The van der Waals surface area contributed by atoms with Crippen molar-refractivity contribution in [2.24, 2.45) is 0 Å². The van der Waals surface area contributed by atoms with Crippen LogP contribution in [0.25, 0.3) is 20.7 Å². The van der Waals surface area contributed by atoms with Crippen LogP contribution in [0.2, 0.25) is 5.02 Å². The molecule has 4 rings (SSSR count). The zero-order valence-corrected chi connectivity index (χ0v) is 16.4. The topological polar surface area (TPSA) is 34.9 Å². The number of aromatic nitrogens is 2. The number of halogens is 3. The minimum atomic E-state index is -0.439. The van der Waals surface area contributed by atoms with Crippen LogP contribution in [0.3, 0.4) is 0 Å². The van der Waals surface area contributed by atoms with E-state index in [4.69, 9.17) is 11.6 Å². The van der Waals surface area contributed by atoms with E-state index in [0.717, 1.165) is 14.9 Å². The van der Waals surface area contributed by atoms with E-state index in [1.54, 1.807) is 6.07 Å². The smallest absolute Gasteiger partial charge is 0.271 e. The lowest BCUT2D eigenvalue weighted by Crippen LogP contribution is -2.20. The molecular weight excluding hydrogens is 439 g/mol. The number of benzene rings is 2. The van der Waals surface area contributed by atoms with Crippen LogP contribution in [0.15, 0.2) is 64.1 Å². The summed E-state index contributed by atoms with van der Waals surface area (Å²) in [5, 5.41) is 0.290. The molecule has 4 aromatic rings. The standard InChI is InChI=1S/C19H11BrClFN2OS/c20-12-6-4-11(5-7-12)17-8-16-18(26-17)19(25)24(10-23-16)9-13-14(21)2-1-3-15(13)22/h1-8,10H,9H2. The quantitative estimate of drug-likeness (QED) is 0.400. The van der Waals surface area contributed by atoms with E-state index in [0.29, 0.717) is 15.2 Å². The Bertz CT molecular complexity index is 1150. The molecule has 0 fully saturated rings. The molecule has 2 heterocycles.